The van der Waals surface area contributed by atoms with Gasteiger partial charge < -0.3 is 20.4 Å². The predicted molar refractivity (Wildman–Crippen MR) is 106 cm³/mol. The van der Waals surface area contributed by atoms with Crippen molar-refractivity contribution in [1.29, 1.82) is 0 Å². The molecule has 3 amide bonds. The number of rotatable bonds is 8. The predicted octanol–water partition coefficient (Wildman–Crippen LogP) is 2.44. The molecule has 26 heavy (non-hydrogen) atoms. The molecular formula is C20H32N4O2. The summed E-state index contributed by atoms with van der Waals surface area (Å²) in [5.41, 5.74) is 3.28. The van der Waals surface area contributed by atoms with Gasteiger partial charge in [-0.05, 0) is 63.2 Å². The Kier molecular flexibility index (Phi) is 7.45. The molecular weight excluding hydrogens is 328 g/mol. The summed E-state index contributed by atoms with van der Waals surface area (Å²) in [5, 5.41) is 5.82. The summed E-state index contributed by atoms with van der Waals surface area (Å²) in [4.78, 5) is 28.5. The van der Waals surface area contributed by atoms with Gasteiger partial charge in [-0.3, -0.25) is 4.79 Å². The third-order valence-corrected chi connectivity index (χ3v) is 5.09. The highest BCUT2D eigenvalue weighted by Crippen LogP contribution is 2.24. The molecule has 1 saturated heterocycles. The molecule has 1 aliphatic rings. The monoisotopic (exact) mass is 360 g/mol. The number of anilines is 1. The molecule has 0 aliphatic carbocycles. The number of benzene rings is 1. The van der Waals surface area contributed by atoms with Gasteiger partial charge in [0.1, 0.15) is 0 Å². The molecule has 144 valence electrons. The van der Waals surface area contributed by atoms with Crippen LogP contribution in [0.5, 0.6) is 0 Å². The third kappa shape index (κ3) is 5.46. The molecule has 1 aromatic carbocycles. The molecule has 0 aromatic heterocycles. The van der Waals surface area contributed by atoms with Crippen molar-refractivity contribution in [2.24, 2.45) is 0 Å². The number of carbonyl (C=O) groups excluding carboxylic acids is 2. The second-order valence-corrected chi connectivity index (χ2v) is 6.95. The molecule has 6 heteroatoms. The van der Waals surface area contributed by atoms with Crippen molar-refractivity contribution >= 4 is 17.6 Å². The molecule has 1 fully saturated rings. The molecule has 2 rings (SSSR count). The highest BCUT2D eigenvalue weighted by atomic mass is 16.2. The Morgan fingerprint density at radius 2 is 1.96 bits per heavy atom. The van der Waals surface area contributed by atoms with E-state index in [0.717, 1.165) is 37.3 Å². The average molecular weight is 361 g/mol. The second-order valence-electron chi connectivity index (χ2n) is 6.95. The van der Waals surface area contributed by atoms with E-state index in [1.807, 2.05) is 25.1 Å². The Hall–Kier alpha value is -2.08. The van der Waals surface area contributed by atoms with E-state index in [1.54, 1.807) is 4.90 Å². The largest absolute Gasteiger partial charge is 0.338 e. The van der Waals surface area contributed by atoms with E-state index >= 15 is 0 Å². The molecule has 2 N–H and O–H groups in total. The van der Waals surface area contributed by atoms with Crippen molar-refractivity contribution in [3.05, 3.63) is 29.3 Å². The highest BCUT2D eigenvalue weighted by Gasteiger charge is 2.31. The Labute approximate surface area is 156 Å². The van der Waals surface area contributed by atoms with Crippen molar-refractivity contribution in [1.82, 2.24) is 15.5 Å². The molecule has 6 nitrogen and oxygen atoms in total. The maximum atomic E-state index is 12.3. The van der Waals surface area contributed by atoms with E-state index in [9.17, 15) is 9.59 Å². The fraction of sp³-hybridized carbons (Fsp3) is 0.600. The quantitative estimate of drug-likeness (QED) is 0.700. The standard InChI is InChI=1S/C20H32N4O2/c1-5-23(6-2)11-7-10-21-20(26)22-17-13-19(25)24(14-17)18-9-8-15(3)16(4)12-18/h8-9,12,17H,5-7,10-11,13-14H2,1-4H3,(H2,21,22,26). The van der Waals surface area contributed by atoms with E-state index in [2.05, 4.69) is 36.3 Å². The first-order chi connectivity index (χ1) is 12.4. The van der Waals surface area contributed by atoms with Crippen molar-refractivity contribution in [3.63, 3.8) is 0 Å². The molecule has 1 atom stereocenters. The number of nitrogens with one attached hydrogen (secondary N) is 2. The Balaban J connectivity index is 1.77. The van der Waals surface area contributed by atoms with Crippen molar-refractivity contribution < 1.29 is 9.59 Å². The normalized spacial score (nSPS) is 17.0. The van der Waals surface area contributed by atoms with E-state index in [-0.39, 0.29) is 18.0 Å². The first kappa shape index (κ1) is 20.2. The van der Waals surface area contributed by atoms with Crippen LogP contribution in [-0.4, -0.2) is 55.6 Å². The lowest BCUT2D eigenvalue weighted by Crippen LogP contribution is -2.44. The van der Waals surface area contributed by atoms with Gasteiger partial charge in [0, 0.05) is 25.2 Å². The lowest BCUT2D eigenvalue weighted by atomic mass is 10.1. The molecule has 0 radical (unpaired) electrons. The number of hydrogen-bond acceptors (Lipinski definition) is 3. The maximum Gasteiger partial charge on any atom is 0.315 e. The molecule has 0 spiro atoms. The number of urea groups is 1. The minimum Gasteiger partial charge on any atom is -0.338 e. The molecule has 1 aromatic rings. The first-order valence-electron chi connectivity index (χ1n) is 9.58. The zero-order chi connectivity index (χ0) is 19.1. The number of aryl methyl sites for hydroxylation is 2. The van der Waals surface area contributed by atoms with Gasteiger partial charge in [-0.2, -0.15) is 0 Å². The number of nitrogens with zero attached hydrogens (tertiary/aromatic N) is 2. The molecule has 1 heterocycles. The van der Waals surface area contributed by atoms with Gasteiger partial charge >= 0.3 is 6.03 Å². The summed E-state index contributed by atoms with van der Waals surface area (Å²) in [6.45, 7) is 12.6. The summed E-state index contributed by atoms with van der Waals surface area (Å²) in [6, 6.07) is 5.69. The SMILES string of the molecule is CCN(CC)CCCNC(=O)NC1CC(=O)N(c2ccc(C)c(C)c2)C1. The zero-order valence-corrected chi connectivity index (χ0v) is 16.5. The van der Waals surface area contributed by atoms with Crippen molar-refractivity contribution in [3.8, 4) is 0 Å². The number of carbonyl (C=O) groups is 2. The van der Waals surface area contributed by atoms with Gasteiger partial charge in [-0.1, -0.05) is 19.9 Å². The van der Waals surface area contributed by atoms with Gasteiger partial charge in [0.2, 0.25) is 5.91 Å². The zero-order valence-electron chi connectivity index (χ0n) is 16.5. The summed E-state index contributed by atoms with van der Waals surface area (Å²) in [7, 11) is 0. The summed E-state index contributed by atoms with van der Waals surface area (Å²) < 4.78 is 0. The smallest absolute Gasteiger partial charge is 0.315 e. The van der Waals surface area contributed by atoms with E-state index < -0.39 is 0 Å². The molecule has 1 unspecified atom stereocenters. The van der Waals surface area contributed by atoms with Crippen LogP contribution >= 0.6 is 0 Å². The first-order valence-corrected chi connectivity index (χ1v) is 9.58. The highest BCUT2D eigenvalue weighted by molar-refractivity contribution is 5.96. The van der Waals surface area contributed by atoms with Crippen LogP contribution in [0.3, 0.4) is 0 Å². The van der Waals surface area contributed by atoms with E-state index in [1.165, 1.54) is 5.56 Å². The topological polar surface area (TPSA) is 64.7 Å². The van der Waals surface area contributed by atoms with Gasteiger partial charge in [-0.15, -0.1) is 0 Å². The average Bonchev–Trinajstić information content (AvgIpc) is 2.97. The fourth-order valence-electron chi connectivity index (χ4n) is 3.23. The fourth-order valence-corrected chi connectivity index (χ4v) is 3.23. The van der Waals surface area contributed by atoms with Crippen LogP contribution in [0.2, 0.25) is 0 Å². The number of hydrogen-bond donors (Lipinski definition) is 2. The minimum atomic E-state index is -0.190. The van der Waals surface area contributed by atoms with Crippen LogP contribution in [0.15, 0.2) is 18.2 Å². The van der Waals surface area contributed by atoms with Crippen LogP contribution in [-0.2, 0) is 4.79 Å². The Morgan fingerprint density at radius 3 is 2.62 bits per heavy atom. The number of amides is 3. The summed E-state index contributed by atoms with van der Waals surface area (Å²) in [6.07, 6.45) is 1.27. The van der Waals surface area contributed by atoms with E-state index in [4.69, 9.17) is 0 Å². The van der Waals surface area contributed by atoms with Gasteiger partial charge in [0.25, 0.3) is 0 Å². The van der Waals surface area contributed by atoms with E-state index in [0.29, 0.717) is 19.5 Å². The van der Waals surface area contributed by atoms with Crippen LogP contribution in [0.25, 0.3) is 0 Å². The lowest BCUT2D eigenvalue weighted by molar-refractivity contribution is -0.117. The molecule has 0 bridgehead atoms. The summed E-state index contributed by atoms with van der Waals surface area (Å²) in [5.74, 6) is 0.0556. The Morgan fingerprint density at radius 1 is 1.23 bits per heavy atom. The van der Waals surface area contributed by atoms with Gasteiger partial charge in [0.05, 0.1) is 6.04 Å². The Bertz CT molecular complexity index is 628. The van der Waals surface area contributed by atoms with Crippen molar-refractivity contribution in [2.75, 3.05) is 37.6 Å². The minimum absolute atomic E-state index is 0.0556. The van der Waals surface area contributed by atoms with Gasteiger partial charge in [0.15, 0.2) is 0 Å². The van der Waals surface area contributed by atoms with Crippen LogP contribution in [0.1, 0.15) is 37.8 Å². The molecule has 0 saturated carbocycles. The lowest BCUT2D eigenvalue weighted by Gasteiger charge is -2.19. The van der Waals surface area contributed by atoms with Crippen LogP contribution in [0.4, 0.5) is 10.5 Å². The summed E-state index contributed by atoms with van der Waals surface area (Å²) >= 11 is 0. The van der Waals surface area contributed by atoms with Gasteiger partial charge in [-0.25, -0.2) is 4.79 Å². The van der Waals surface area contributed by atoms with Crippen molar-refractivity contribution in [2.45, 2.75) is 46.6 Å². The second kappa shape index (κ2) is 9.57. The van der Waals surface area contributed by atoms with Crippen LogP contribution in [0, 0.1) is 13.8 Å². The third-order valence-electron chi connectivity index (χ3n) is 5.09. The molecule has 1 aliphatic heterocycles. The maximum absolute atomic E-state index is 12.3. The van der Waals surface area contributed by atoms with Crippen LogP contribution < -0.4 is 15.5 Å².